The fraction of sp³-hybridized carbons (Fsp3) is 0.231. The average molecular weight is 279 g/mol. The molecule has 0 saturated heterocycles. The molecular formula is C13H15BrN2. The van der Waals surface area contributed by atoms with Gasteiger partial charge in [0.2, 0.25) is 0 Å². The van der Waals surface area contributed by atoms with Crippen molar-refractivity contribution in [3.8, 4) is 11.3 Å². The van der Waals surface area contributed by atoms with E-state index >= 15 is 0 Å². The van der Waals surface area contributed by atoms with Crippen LogP contribution >= 0.6 is 15.9 Å². The highest BCUT2D eigenvalue weighted by atomic mass is 79.9. The number of hydrogen-bond donors (Lipinski definition) is 1. The van der Waals surface area contributed by atoms with Crippen molar-refractivity contribution in [2.45, 2.75) is 13.5 Å². The van der Waals surface area contributed by atoms with Gasteiger partial charge >= 0.3 is 0 Å². The second-order valence-corrected chi connectivity index (χ2v) is 4.72. The van der Waals surface area contributed by atoms with Gasteiger partial charge in [-0.15, -0.1) is 0 Å². The molecule has 0 spiro atoms. The van der Waals surface area contributed by atoms with Crippen LogP contribution in [0.4, 0.5) is 0 Å². The van der Waals surface area contributed by atoms with Gasteiger partial charge in [-0.05, 0) is 36.8 Å². The van der Waals surface area contributed by atoms with Crippen LogP contribution in [0.25, 0.3) is 11.3 Å². The van der Waals surface area contributed by atoms with E-state index in [0.29, 0.717) is 6.54 Å². The molecule has 2 N–H and O–H groups in total. The maximum Gasteiger partial charge on any atom is 0.0482 e. The van der Waals surface area contributed by atoms with Crippen LogP contribution in [0.15, 0.2) is 40.9 Å². The van der Waals surface area contributed by atoms with Gasteiger partial charge in [0.15, 0.2) is 0 Å². The SMILES string of the molecule is Cc1ccc(-c2ccc(Br)cc2)n1CCN. The highest BCUT2D eigenvalue weighted by Crippen LogP contribution is 2.24. The Morgan fingerprint density at radius 2 is 1.81 bits per heavy atom. The Bertz CT molecular complexity index is 471. The van der Waals surface area contributed by atoms with E-state index in [2.05, 4.69) is 63.8 Å². The number of nitrogens with zero attached hydrogens (tertiary/aromatic N) is 1. The minimum atomic E-state index is 0.666. The van der Waals surface area contributed by atoms with Gasteiger partial charge in [-0.2, -0.15) is 0 Å². The maximum atomic E-state index is 5.63. The Kier molecular flexibility index (Phi) is 3.46. The molecule has 0 bridgehead atoms. The summed E-state index contributed by atoms with van der Waals surface area (Å²) in [6.07, 6.45) is 0. The standard InChI is InChI=1S/C13H15BrN2/c1-10-2-7-13(16(10)9-8-15)11-3-5-12(14)6-4-11/h2-7H,8-9,15H2,1H3. The molecule has 84 valence electrons. The monoisotopic (exact) mass is 278 g/mol. The zero-order chi connectivity index (χ0) is 11.5. The fourth-order valence-electron chi connectivity index (χ4n) is 1.87. The van der Waals surface area contributed by atoms with Crippen molar-refractivity contribution in [1.82, 2.24) is 4.57 Å². The molecule has 2 nitrogen and oxygen atoms in total. The maximum absolute atomic E-state index is 5.63. The summed E-state index contributed by atoms with van der Waals surface area (Å²) < 4.78 is 3.35. The van der Waals surface area contributed by atoms with Crippen molar-refractivity contribution in [2.75, 3.05) is 6.54 Å². The second-order valence-electron chi connectivity index (χ2n) is 3.81. The first-order valence-corrected chi connectivity index (χ1v) is 6.14. The molecular weight excluding hydrogens is 264 g/mol. The number of aryl methyl sites for hydroxylation is 1. The molecule has 0 aliphatic carbocycles. The molecule has 1 aromatic heterocycles. The Balaban J connectivity index is 2.43. The van der Waals surface area contributed by atoms with Gasteiger partial charge in [0, 0.05) is 29.0 Å². The van der Waals surface area contributed by atoms with Crippen molar-refractivity contribution in [2.24, 2.45) is 5.73 Å². The third kappa shape index (κ3) is 2.20. The van der Waals surface area contributed by atoms with E-state index in [9.17, 15) is 0 Å². The minimum Gasteiger partial charge on any atom is -0.344 e. The molecule has 0 saturated carbocycles. The summed E-state index contributed by atoms with van der Waals surface area (Å²) in [7, 11) is 0. The number of nitrogens with two attached hydrogens (primary N) is 1. The summed E-state index contributed by atoms with van der Waals surface area (Å²) >= 11 is 3.45. The number of halogens is 1. The predicted molar refractivity (Wildman–Crippen MR) is 71.4 cm³/mol. The third-order valence-electron chi connectivity index (χ3n) is 2.69. The van der Waals surface area contributed by atoms with Gasteiger partial charge in [-0.1, -0.05) is 28.1 Å². The normalized spacial score (nSPS) is 10.7. The summed E-state index contributed by atoms with van der Waals surface area (Å²) in [6.45, 7) is 3.64. The lowest BCUT2D eigenvalue weighted by molar-refractivity contribution is 0.700. The summed E-state index contributed by atoms with van der Waals surface area (Å²) in [6, 6.07) is 12.6. The van der Waals surface area contributed by atoms with Crippen LogP contribution in [-0.2, 0) is 6.54 Å². The quantitative estimate of drug-likeness (QED) is 0.919. The van der Waals surface area contributed by atoms with E-state index in [4.69, 9.17) is 5.73 Å². The molecule has 16 heavy (non-hydrogen) atoms. The van der Waals surface area contributed by atoms with E-state index < -0.39 is 0 Å². The fourth-order valence-corrected chi connectivity index (χ4v) is 2.13. The van der Waals surface area contributed by atoms with Crippen LogP contribution in [0, 0.1) is 6.92 Å². The Labute approximate surface area is 104 Å². The number of hydrogen-bond acceptors (Lipinski definition) is 1. The second kappa shape index (κ2) is 4.85. The molecule has 3 heteroatoms. The van der Waals surface area contributed by atoms with Crippen molar-refractivity contribution < 1.29 is 0 Å². The van der Waals surface area contributed by atoms with Gasteiger partial charge in [0.1, 0.15) is 0 Å². The topological polar surface area (TPSA) is 30.9 Å². The van der Waals surface area contributed by atoms with Crippen LogP contribution in [0.5, 0.6) is 0 Å². The van der Waals surface area contributed by atoms with Crippen LogP contribution in [0.2, 0.25) is 0 Å². The molecule has 0 aliphatic heterocycles. The van der Waals surface area contributed by atoms with E-state index in [-0.39, 0.29) is 0 Å². The average Bonchev–Trinajstić information content (AvgIpc) is 2.63. The summed E-state index contributed by atoms with van der Waals surface area (Å²) in [5.41, 5.74) is 9.34. The highest BCUT2D eigenvalue weighted by Gasteiger charge is 2.06. The summed E-state index contributed by atoms with van der Waals surface area (Å²) in [5, 5.41) is 0. The third-order valence-corrected chi connectivity index (χ3v) is 3.22. The molecule has 0 atom stereocenters. The Morgan fingerprint density at radius 1 is 1.12 bits per heavy atom. The van der Waals surface area contributed by atoms with Crippen molar-refractivity contribution in [1.29, 1.82) is 0 Å². The molecule has 1 aromatic carbocycles. The Hall–Kier alpha value is -1.06. The number of rotatable bonds is 3. The predicted octanol–water partition coefficient (Wildman–Crippen LogP) is 3.18. The highest BCUT2D eigenvalue weighted by molar-refractivity contribution is 9.10. The lowest BCUT2D eigenvalue weighted by atomic mass is 10.1. The first-order valence-electron chi connectivity index (χ1n) is 5.34. The number of benzene rings is 1. The molecule has 0 aliphatic rings. The molecule has 2 aromatic rings. The Morgan fingerprint density at radius 3 is 2.44 bits per heavy atom. The molecule has 0 fully saturated rings. The van der Waals surface area contributed by atoms with E-state index in [1.54, 1.807) is 0 Å². The van der Waals surface area contributed by atoms with Gasteiger partial charge in [-0.25, -0.2) is 0 Å². The van der Waals surface area contributed by atoms with Crippen LogP contribution in [0.3, 0.4) is 0 Å². The summed E-state index contributed by atoms with van der Waals surface area (Å²) in [5.74, 6) is 0. The first-order chi connectivity index (χ1) is 7.72. The largest absolute Gasteiger partial charge is 0.344 e. The van der Waals surface area contributed by atoms with Crippen molar-refractivity contribution in [3.63, 3.8) is 0 Å². The van der Waals surface area contributed by atoms with Gasteiger partial charge in [0.05, 0.1) is 0 Å². The lowest BCUT2D eigenvalue weighted by Gasteiger charge is -2.10. The zero-order valence-electron chi connectivity index (χ0n) is 9.28. The summed E-state index contributed by atoms with van der Waals surface area (Å²) in [4.78, 5) is 0. The van der Waals surface area contributed by atoms with Crippen molar-refractivity contribution in [3.05, 3.63) is 46.6 Å². The molecule has 0 amide bonds. The van der Waals surface area contributed by atoms with Crippen LogP contribution in [-0.4, -0.2) is 11.1 Å². The minimum absolute atomic E-state index is 0.666. The number of aromatic nitrogens is 1. The molecule has 0 unspecified atom stereocenters. The van der Waals surface area contributed by atoms with Gasteiger partial charge in [0.25, 0.3) is 0 Å². The zero-order valence-corrected chi connectivity index (χ0v) is 10.9. The van der Waals surface area contributed by atoms with Gasteiger partial charge < -0.3 is 10.3 Å². The molecule has 1 heterocycles. The van der Waals surface area contributed by atoms with E-state index in [1.807, 2.05) is 0 Å². The van der Waals surface area contributed by atoms with Gasteiger partial charge in [-0.3, -0.25) is 0 Å². The smallest absolute Gasteiger partial charge is 0.0482 e. The van der Waals surface area contributed by atoms with Crippen LogP contribution < -0.4 is 5.73 Å². The molecule has 0 radical (unpaired) electrons. The lowest BCUT2D eigenvalue weighted by Crippen LogP contribution is -2.11. The van der Waals surface area contributed by atoms with Crippen molar-refractivity contribution >= 4 is 15.9 Å². The van der Waals surface area contributed by atoms with Crippen LogP contribution in [0.1, 0.15) is 5.69 Å². The van der Waals surface area contributed by atoms with E-state index in [1.165, 1.54) is 17.0 Å². The molecule has 2 rings (SSSR count). The van der Waals surface area contributed by atoms with E-state index in [0.717, 1.165) is 11.0 Å². The first kappa shape index (κ1) is 11.4.